The van der Waals surface area contributed by atoms with Crippen LogP contribution in [-0.4, -0.2) is 12.6 Å². The van der Waals surface area contributed by atoms with Gasteiger partial charge in [0.1, 0.15) is 5.75 Å². The molecule has 0 aliphatic heterocycles. The van der Waals surface area contributed by atoms with E-state index in [0.717, 1.165) is 24.7 Å². The van der Waals surface area contributed by atoms with Crippen LogP contribution in [0, 0.1) is 12.8 Å². The summed E-state index contributed by atoms with van der Waals surface area (Å²) >= 11 is 0. The highest BCUT2D eigenvalue weighted by Gasteiger charge is 2.21. The average molecular weight is 289 g/mol. The summed E-state index contributed by atoms with van der Waals surface area (Å²) in [5.74, 6) is 1.98. The summed E-state index contributed by atoms with van der Waals surface area (Å²) in [6.07, 6.45) is 9.13. The van der Waals surface area contributed by atoms with Crippen LogP contribution in [0.5, 0.6) is 5.75 Å². The molecule has 2 heteroatoms. The Kier molecular flexibility index (Phi) is 6.41. The fourth-order valence-corrected chi connectivity index (χ4v) is 3.30. The van der Waals surface area contributed by atoms with E-state index in [4.69, 9.17) is 4.74 Å². The summed E-state index contributed by atoms with van der Waals surface area (Å²) in [4.78, 5) is 0. The molecule has 118 valence electrons. The maximum Gasteiger partial charge on any atom is 0.142 e. The summed E-state index contributed by atoms with van der Waals surface area (Å²) in [6, 6.07) is 7.12. The van der Waals surface area contributed by atoms with Crippen molar-refractivity contribution in [3.8, 4) is 5.75 Å². The first kappa shape index (κ1) is 16.2. The van der Waals surface area contributed by atoms with E-state index in [0.29, 0.717) is 6.04 Å². The fourth-order valence-electron chi connectivity index (χ4n) is 3.30. The van der Waals surface area contributed by atoms with Gasteiger partial charge in [0.2, 0.25) is 0 Å². The molecule has 0 heterocycles. The van der Waals surface area contributed by atoms with Crippen molar-refractivity contribution in [3.05, 3.63) is 23.8 Å². The summed E-state index contributed by atoms with van der Waals surface area (Å²) in [6.45, 7) is 7.37. The predicted molar refractivity (Wildman–Crippen MR) is 91.2 cm³/mol. The Morgan fingerprint density at radius 3 is 2.52 bits per heavy atom. The molecule has 1 saturated carbocycles. The van der Waals surface area contributed by atoms with Crippen LogP contribution in [0.15, 0.2) is 18.2 Å². The first-order valence-electron chi connectivity index (χ1n) is 8.72. The Hall–Kier alpha value is -1.18. The molecule has 1 N–H and O–H groups in total. The standard InChI is InChI=1S/C19H31NO/c1-4-6-16-8-10-17(11-9-16)20-18-12-7-15(3)14-19(18)21-13-5-2/h7,12,14,16-17,20H,4-6,8-11,13H2,1-3H3. The van der Waals surface area contributed by atoms with E-state index in [1.165, 1.54) is 49.8 Å². The van der Waals surface area contributed by atoms with E-state index in [1.807, 2.05) is 0 Å². The van der Waals surface area contributed by atoms with Crippen LogP contribution in [0.4, 0.5) is 5.69 Å². The Bertz CT molecular complexity index is 422. The van der Waals surface area contributed by atoms with Crippen molar-refractivity contribution < 1.29 is 4.74 Å². The van der Waals surface area contributed by atoms with Gasteiger partial charge in [0, 0.05) is 6.04 Å². The first-order chi connectivity index (χ1) is 10.2. The molecule has 0 atom stereocenters. The fraction of sp³-hybridized carbons (Fsp3) is 0.684. The second-order valence-electron chi connectivity index (χ2n) is 6.50. The molecule has 1 aromatic carbocycles. The second-order valence-corrected chi connectivity index (χ2v) is 6.50. The summed E-state index contributed by atoms with van der Waals surface area (Å²) < 4.78 is 5.91. The highest BCUT2D eigenvalue weighted by Crippen LogP contribution is 2.32. The smallest absolute Gasteiger partial charge is 0.142 e. The van der Waals surface area contributed by atoms with E-state index in [-0.39, 0.29) is 0 Å². The molecule has 2 nitrogen and oxygen atoms in total. The average Bonchev–Trinajstić information content (AvgIpc) is 2.49. The van der Waals surface area contributed by atoms with Crippen LogP contribution in [0.3, 0.4) is 0 Å². The Labute approximate surface area is 130 Å². The molecule has 0 aromatic heterocycles. The van der Waals surface area contributed by atoms with Crippen LogP contribution in [0.2, 0.25) is 0 Å². The molecule has 0 saturated heterocycles. The van der Waals surface area contributed by atoms with Crippen LogP contribution < -0.4 is 10.1 Å². The van der Waals surface area contributed by atoms with Gasteiger partial charge in [-0.15, -0.1) is 0 Å². The number of ether oxygens (including phenoxy) is 1. The van der Waals surface area contributed by atoms with Crippen molar-refractivity contribution >= 4 is 5.69 Å². The number of hydrogen-bond donors (Lipinski definition) is 1. The molecule has 21 heavy (non-hydrogen) atoms. The van der Waals surface area contributed by atoms with Gasteiger partial charge in [-0.2, -0.15) is 0 Å². The molecular formula is C19H31NO. The number of anilines is 1. The molecule has 0 radical (unpaired) electrons. The van der Waals surface area contributed by atoms with Crippen molar-refractivity contribution in [2.45, 2.75) is 71.8 Å². The lowest BCUT2D eigenvalue weighted by atomic mass is 9.83. The lowest BCUT2D eigenvalue weighted by molar-refractivity contribution is 0.310. The molecule has 0 spiro atoms. The van der Waals surface area contributed by atoms with E-state index < -0.39 is 0 Å². The van der Waals surface area contributed by atoms with Crippen molar-refractivity contribution in [2.75, 3.05) is 11.9 Å². The molecule has 1 aliphatic carbocycles. The zero-order valence-corrected chi connectivity index (χ0v) is 14.0. The van der Waals surface area contributed by atoms with Crippen molar-refractivity contribution in [2.24, 2.45) is 5.92 Å². The molecule has 1 aromatic rings. The van der Waals surface area contributed by atoms with Crippen molar-refractivity contribution in [1.82, 2.24) is 0 Å². The largest absolute Gasteiger partial charge is 0.491 e. The summed E-state index contributed by atoms with van der Waals surface area (Å²) in [7, 11) is 0. The van der Waals surface area contributed by atoms with Crippen LogP contribution in [0.25, 0.3) is 0 Å². The SMILES string of the molecule is CCCOc1cc(C)ccc1NC1CCC(CCC)CC1. The normalized spacial score (nSPS) is 22.0. The maximum atomic E-state index is 5.91. The highest BCUT2D eigenvalue weighted by molar-refractivity contribution is 5.58. The van der Waals surface area contributed by atoms with Gasteiger partial charge in [-0.1, -0.05) is 32.8 Å². The van der Waals surface area contributed by atoms with Gasteiger partial charge in [0.15, 0.2) is 0 Å². The van der Waals surface area contributed by atoms with Crippen LogP contribution >= 0.6 is 0 Å². The highest BCUT2D eigenvalue weighted by atomic mass is 16.5. The predicted octanol–water partition coefficient (Wildman–Crippen LogP) is 5.55. The van der Waals surface area contributed by atoms with Gasteiger partial charge in [0.25, 0.3) is 0 Å². The Morgan fingerprint density at radius 1 is 1.10 bits per heavy atom. The Morgan fingerprint density at radius 2 is 1.86 bits per heavy atom. The molecule has 0 unspecified atom stereocenters. The molecule has 2 rings (SSSR count). The molecular weight excluding hydrogens is 258 g/mol. The minimum absolute atomic E-state index is 0.616. The molecule has 0 amide bonds. The van der Waals surface area contributed by atoms with Gasteiger partial charge in [-0.3, -0.25) is 0 Å². The number of nitrogens with one attached hydrogen (secondary N) is 1. The van der Waals surface area contributed by atoms with Crippen LogP contribution in [-0.2, 0) is 0 Å². The first-order valence-corrected chi connectivity index (χ1v) is 8.72. The zero-order valence-electron chi connectivity index (χ0n) is 14.0. The van der Waals surface area contributed by atoms with Crippen molar-refractivity contribution in [1.29, 1.82) is 0 Å². The van der Waals surface area contributed by atoms with E-state index in [2.05, 4.69) is 44.3 Å². The maximum absolute atomic E-state index is 5.91. The molecule has 1 fully saturated rings. The molecule has 1 aliphatic rings. The lowest BCUT2D eigenvalue weighted by Gasteiger charge is -2.30. The third-order valence-electron chi connectivity index (χ3n) is 4.50. The van der Waals surface area contributed by atoms with Gasteiger partial charge in [0.05, 0.1) is 12.3 Å². The second kappa shape index (κ2) is 8.31. The van der Waals surface area contributed by atoms with E-state index in [9.17, 15) is 0 Å². The number of hydrogen-bond acceptors (Lipinski definition) is 2. The van der Waals surface area contributed by atoms with E-state index >= 15 is 0 Å². The minimum atomic E-state index is 0.616. The van der Waals surface area contributed by atoms with Crippen LogP contribution in [0.1, 0.15) is 64.4 Å². The van der Waals surface area contributed by atoms with Crippen molar-refractivity contribution in [3.63, 3.8) is 0 Å². The van der Waals surface area contributed by atoms with Gasteiger partial charge in [-0.25, -0.2) is 0 Å². The third kappa shape index (κ3) is 4.94. The van der Waals surface area contributed by atoms with Gasteiger partial charge < -0.3 is 10.1 Å². The summed E-state index contributed by atoms with van der Waals surface area (Å²) in [5, 5.41) is 3.72. The third-order valence-corrected chi connectivity index (χ3v) is 4.50. The summed E-state index contributed by atoms with van der Waals surface area (Å²) in [5.41, 5.74) is 2.44. The lowest BCUT2D eigenvalue weighted by Crippen LogP contribution is -2.26. The Balaban J connectivity index is 1.93. The quantitative estimate of drug-likeness (QED) is 0.710. The zero-order chi connectivity index (χ0) is 15.1. The monoisotopic (exact) mass is 289 g/mol. The van der Waals surface area contributed by atoms with Gasteiger partial charge >= 0.3 is 0 Å². The van der Waals surface area contributed by atoms with Gasteiger partial charge in [-0.05, 0) is 62.6 Å². The number of aryl methyl sites for hydroxylation is 1. The van der Waals surface area contributed by atoms with E-state index in [1.54, 1.807) is 0 Å². The number of rotatable bonds is 7. The molecule has 0 bridgehead atoms. The minimum Gasteiger partial charge on any atom is -0.491 e. The number of benzene rings is 1. The topological polar surface area (TPSA) is 21.3 Å².